The Morgan fingerprint density at radius 1 is 1.26 bits per heavy atom. The summed E-state index contributed by atoms with van der Waals surface area (Å²) < 4.78 is 0.149. The number of benzene rings is 1. The molecule has 7 heteroatoms. The lowest BCUT2D eigenvalue weighted by molar-refractivity contribution is 0.222. The van der Waals surface area contributed by atoms with E-state index in [1.807, 2.05) is 40.9 Å². The van der Waals surface area contributed by atoms with Crippen LogP contribution in [0.5, 0.6) is 0 Å². The number of amides is 2. The first kappa shape index (κ1) is 21.4. The van der Waals surface area contributed by atoms with E-state index in [2.05, 4.69) is 48.0 Å². The third kappa shape index (κ3) is 7.33. The summed E-state index contributed by atoms with van der Waals surface area (Å²) in [6.07, 6.45) is 4.30. The van der Waals surface area contributed by atoms with Crippen molar-refractivity contribution in [2.75, 3.05) is 37.8 Å². The zero-order chi connectivity index (χ0) is 19.7. The molecular formula is C20H33N5OS. The van der Waals surface area contributed by atoms with Crippen LogP contribution < -0.4 is 16.0 Å². The Balaban J connectivity index is 1.95. The maximum absolute atomic E-state index is 12.3. The molecule has 0 spiro atoms. The molecule has 0 aliphatic carbocycles. The fourth-order valence-corrected chi connectivity index (χ4v) is 2.97. The summed E-state index contributed by atoms with van der Waals surface area (Å²) >= 11 is 1.83. The molecule has 2 amide bonds. The van der Waals surface area contributed by atoms with Gasteiger partial charge in [0.05, 0.1) is 6.54 Å². The molecule has 1 aliphatic rings. The molecule has 6 nitrogen and oxygen atoms in total. The largest absolute Gasteiger partial charge is 0.357 e. The van der Waals surface area contributed by atoms with Crippen molar-refractivity contribution in [3.05, 3.63) is 29.8 Å². The van der Waals surface area contributed by atoms with Gasteiger partial charge in [0.2, 0.25) is 0 Å². The standard InChI is InChI=1S/C20H33N5OS/c1-5-21-18(23-15-20(2,3)27-4)22-14-16-9-8-10-17(13-16)24-19(26)25-11-6-7-12-25/h8-10,13H,5-7,11-12,14-15H2,1-4H3,(H,24,26)(H2,21,22,23). The van der Waals surface area contributed by atoms with Gasteiger partial charge in [0, 0.05) is 36.6 Å². The van der Waals surface area contributed by atoms with Crippen LogP contribution in [0.2, 0.25) is 0 Å². The topological polar surface area (TPSA) is 68.8 Å². The molecule has 27 heavy (non-hydrogen) atoms. The van der Waals surface area contributed by atoms with E-state index in [9.17, 15) is 4.79 Å². The highest BCUT2D eigenvalue weighted by molar-refractivity contribution is 7.99. The van der Waals surface area contributed by atoms with Crippen molar-refractivity contribution in [2.45, 2.75) is 44.9 Å². The second-order valence-corrected chi connectivity index (χ2v) is 8.85. The third-order valence-corrected chi connectivity index (χ3v) is 5.82. The van der Waals surface area contributed by atoms with Crippen molar-refractivity contribution in [3.8, 4) is 0 Å². The fourth-order valence-electron chi connectivity index (χ4n) is 2.75. The number of carbonyl (C=O) groups is 1. The third-order valence-electron chi connectivity index (χ3n) is 4.57. The lowest BCUT2D eigenvalue weighted by atomic mass is 10.2. The summed E-state index contributed by atoms with van der Waals surface area (Å²) in [6, 6.07) is 7.90. The number of thioether (sulfide) groups is 1. The molecule has 1 aromatic rings. The highest BCUT2D eigenvalue weighted by Gasteiger charge is 2.18. The average Bonchev–Trinajstić information content (AvgIpc) is 3.19. The van der Waals surface area contributed by atoms with Gasteiger partial charge in [-0.15, -0.1) is 0 Å². The van der Waals surface area contributed by atoms with Crippen molar-refractivity contribution in [1.82, 2.24) is 15.5 Å². The van der Waals surface area contributed by atoms with Gasteiger partial charge < -0.3 is 20.9 Å². The number of hydrogen-bond acceptors (Lipinski definition) is 3. The fraction of sp³-hybridized carbons (Fsp3) is 0.600. The van der Waals surface area contributed by atoms with Crippen molar-refractivity contribution >= 4 is 29.4 Å². The van der Waals surface area contributed by atoms with E-state index in [0.29, 0.717) is 6.54 Å². The number of carbonyl (C=O) groups excluding carboxylic acids is 1. The van der Waals surface area contributed by atoms with Crippen molar-refractivity contribution in [3.63, 3.8) is 0 Å². The van der Waals surface area contributed by atoms with E-state index in [1.54, 1.807) is 0 Å². The highest BCUT2D eigenvalue weighted by Crippen LogP contribution is 2.19. The number of guanidine groups is 1. The van der Waals surface area contributed by atoms with E-state index in [0.717, 1.165) is 56.2 Å². The minimum Gasteiger partial charge on any atom is -0.357 e. The van der Waals surface area contributed by atoms with Gasteiger partial charge in [-0.3, -0.25) is 0 Å². The summed E-state index contributed by atoms with van der Waals surface area (Å²) in [6.45, 7) is 10.4. The van der Waals surface area contributed by atoms with E-state index >= 15 is 0 Å². The Morgan fingerprint density at radius 3 is 2.67 bits per heavy atom. The quantitative estimate of drug-likeness (QED) is 0.491. The Labute approximate surface area is 167 Å². The predicted octanol–water partition coefficient (Wildman–Crippen LogP) is 3.51. The molecule has 1 fully saturated rings. The molecule has 150 valence electrons. The molecule has 1 heterocycles. The first-order chi connectivity index (χ1) is 12.9. The van der Waals surface area contributed by atoms with Gasteiger partial charge in [-0.2, -0.15) is 11.8 Å². The van der Waals surface area contributed by atoms with Gasteiger partial charge in [0.1, 0.15) is 0 Å². The van der Waals surface area contributed by atoms with Crippen molar-refractivity contribution < 1.29 is 4.79 Å². The smallest absolute Gasteiger partial charge is 0.321 e. The van der Waals surface area contributed by atoms with Crippen LogP contribution in [0, 0.1) is 0 Å². The highest BCUT2D eigenvalue weighted by atomic mass is 32.2. The van der Waals surface area contributed by atoms with Crippen LogP contribution in [-0.4, -0.2) is 54.1 Å². The van der Waals surface area contributed by atoms with Gasteiger partial charge in [-0.1, -0.05) is 12.1 Å². The number of nitrogens with zero attached hydrogens (tertiary/aromatic N) is 2. The molecule has 0 aromatic heterocycles. The first-order valence-electron chi connectivity index (χ1n) is 9.66. The van der Waals surface area contributed by atoms with E-state index in [1.165, 1.54) is 0 Å². The minimum atomic E-state index is -0.0116. The van der Waals surface area contributed by atoms with Crippen LogP contribution in [0.4, 0.5) is 10.5 Å². The maximum Gasteiger partial charge on any atom is 0.321 e. The Hall–Kier alpha value is -1.89. The lowest BCUT2D eigenvalue weighted by Crippen LogP contribution is -2.43. The number of nitrogens with one attached hydrogen (secondary N) is 3. The minimum absolute atomic E-state index is 0.0116. The molecule has 0 atom stereocenters. The molecule has 0 saturated carbocycles. The molecule has 0 bridgehead atoms. The van der Waals surface area contributed by atoms with Crippen LogP contribution >= 0.6 is 11.8 Å². The van der Waals surface area contributed by atoms with Crippen molar-refractivity contribution in [2.24, 2.45) is 4.99 Å². The van der Waals surface area contributed by atoms with Crippen LogP contribution in [0.1, 0.15) is 39.2 Å². The summed E-state index contributed by atoms with van der Waals surface area (Å²) in [7, 11) is 0. The SMILES string of the molecule is CCNC(=NCc1cccc(NC(=O)N2CCCC2)c1)NCC(C)(C)SC. The zero-order valence-electron chi connectivity index (χ0n) is 17.0. The number of rotatable bonds is 7. The summed E-state index contributed by atoms with van der Waals surface area (Å²) in [5.41, 5.74) is 1.89. The van der Waals surface area contributed by atoms with Gasteiger partial charge in [0.25, 0.3) is 0 Å². The monoisotopic (exact) mass is 391 g/mol. The number of aliphatic imine (C=N–C) groups is 1. The van der Waals surface area contributed by atoms with Crippen LogP contribution in [0.3, 0.4) is 0 Å². The van der Waals surface area contributed by atoms with E-state index in [-0.39, 0.29) is 10.8 Å². The second-order valence-electron chi connectivity index (χ2n) is 7.34. The molecule has 0 radical (unpaired) electrons. The molecule has 0 unspecified atom stereocenters. The molecular weight excluding hydrogens is 358 g/mol. The van der Waals surface area contributed by atoms with E-state index < -0.39 is 0 Å². The maximum atomic E-state index is 12.3. The zero-order valence-corrected chi connectivity index (χ0v) is 17.8. The molecule has 3 N–H and O–H groups in total. The van der Waals surface area contributed by atoms with Crippen LogP contribution in [-0.2, 0) is 6.54 Å². The average molecular weight is 392 g/mol. The molecule has 1 saturated heterocycles. The summed E-state index contributed by atoms with van der Waals surface area (Å²) in [4.78, 5) is 18.8. The summed E-state index contributed by atoms with van der Waals surface area (Å²) in [5, 5.41) is 9.69. The molecule has 1 aliphatic heterocycles. The van der Waals surface area contributed by atoms with Crippen molar-refractivity contribution in [1.29, 1.82) is 0 Å². The number of urea groups is 1. The number of anilines is 1. The Morgan fingerprint density at radius 2 is 2.00 bits per heavy atom. The van der Waals surface area contributed by atoms with Crippen LogP contribution in [0.15, 0.2) is 29.3 Å². The molecule has 1 aromatic carbocycles. The Kier molecular flexibility index (Phi) is 8.28. The first-order valence-corrected chi connectivity index (χ1v) is 10.9. The molecule has 2 rings (SSSR count). The van der Waals surface area contributed by atoms with Gasteiger partial charge >= 0.3 is 6.03 Å². The van der Waals surface area contributed by atoms with Gasteiger partial charge in [-0.25, -0.2) is 9.79 Å². The number of hydrogen-bond donors (Lipinski definition) is 3. The van der Waals surface area contributed by atoms with Gasteiger partial charge in [0.15, 0.2) is 5.96 Å². The number of likely N-dealkylation sites (tertiary alicyclic amines) is 1. The second kappa shape index (κ2) is 10.4. The predicted molar refractivity (Wildman–Crippen MR) is 117 cm³/mol. The lowest BCUT2D eigenvalue weighted by Gasteiger charge is -2.23. The Bertz CT molecular complexity index is 641. The summed E-state index contributed by atoms with van der Waals surface area (Å²) in [5.74, 6) is 0.811. The van der Waals surface area contributed by atoms with E-state index in [4.69, 9.17) is 0 Å². The normalized spacial score (nSPS) is 15.0. The van der Waals surface area contributed by atoms with Gasteiger partial charge in [-0.05, 0) is 57.6 Å². The van der Waals surface area contributed by atoms with Crippen LogP contribution in [0.25, 0.3) is 0 Å².